The van der Waals surface area contributed by atoms with Crippen LogP contribution in [0.15, 0.2) is 48.5 Å². The molecule has 2 aromatic carbocycles. The first-order valence-electron chi connectivity index (χ1n) is 7.47. The third kappa shape index (κ3) is 4.90. The van der Waals surface area contributed by atoms with Gasteiger partial charge in [0.2, 0.25) is 0 Å². The van der Waals surface area contributed by atoms with Crippen LogP contribution >= 0.6 is 19.0 Å². The number of halogens is 1. The summed E-state index contributed by atoms with van der Waals surface area (Å²) in [6, 6.07) is 15.9. The summed E-state index contributed by atoms with van der Waals surface area (Å²) in [6.45, 7) is 8.60. The highest BCUT2D eigenvalue weighted by molar-refractivity contribution is 7.76. The van der Waals surface area contributed by atoms with Crippen LogP contribution in [0, 0.1) is 0 Å². The molecule has 0 bridgehead atoms. The molecule has 0 atom stereocenters. The monoisotopic (exact) mass is 336 g/mol. The van der Waals surface area contributed by atoms with Crippen molar-refractivity contribution in [3.05, 3.63) is 59.7 Å². The maximum atomic E-state index is 6.23. The molecule has 0 saturated carbocycles. The molecule has 0 aromatic heterocycles. The summed E-state index contributed by atoms with van der Waals surface area (Å²) in [5.41, 5.74) is 2.44. The Bertz CT molecular complexity index is 560. The fraction of sp³-hybridized carbons (Fsp3) is 0.333. The number of hydrogen-bond donors (Lipinski definition) is 0. The van der Waals surface area contributed by atoms with Gasteiger partial charge in [-0.1, -0.05) is 52.0 Å². The molecule has 0 aliphatic rings. The fourth-order valence-corrected chi connectivity index (χ4v) is 3.12. The van der Waals surface area contributed by atoms with E-state index in [1.54, 1.807) is 0 Å². The summed E-state index contributed by atoms with van der Waals surface area (Å²) in [7, 11) is -1.52. The van der Waals surface area contributed by atoms with Crippen molar-refractivity contribution in [2.75, 3.05) is 0 Å². The van der Waals surface area contributed by atoms with Crippen LogP contribution in [-0.2, 0) is 0 Å². The number of hydrogen-bond acceptors (Lipinski definition) is 2. The highest BCUT2D eigenvalue weighted by Gasteiger charge is 2.13. The van der Waals surface area contributed by atoms with Gasteiger partial charge in [-0.05, 0) is 58.5 Å². The van der Waals surface area contributed by atoms with E-state index in [4.69, 9.17) is 20.3 Å². The predicted molar refractivity (Wildman–Crippen MR) is 95.1 cm³/mol. The molecule has 0 N–H and O–H groups in total. The normalized spacial score (nSPS) is 11.3. The lowest BCUT2D eigenvalue weighted by molar-refractivity contribution is 0.506. The molecule has 0 unspecified atom stereocenters. The first kappa shape index (κ1) is 17.1. The molecule has 0 aliphatic carbocycles. The van der Waals surface area contributed by atoms with Crippen LogP contribution in [0.3, 0.4) is 0 Å². The summed E-state index contributed by atoms with van der Waals surface area (Å²) < 4.78 is 11.4. The van der Waals surface area contributed by atoms with Crippen molar-refractivity contribution in [3.63, 3.8) is 0 Å². The molecule has 4 heteroatoms. The third-order valence-electron chi connectivity index (χ3n) is 3.40. The Labute approximate surface area is 139 Å². The Morgan fingerprint density at radius 2 is 1.18 bits per heavy atom. The lowest BCUT2D eigenvalue weighted by Gasteiger charge is -2.15. The molecule has 0 aliphatic heterocycles. The van der Waals surface area contributed by atoms with Crippen LogP contribution in [0.25, 0.3) is 0 Å². The van der Waals surface area contributed by atoms with E-state index in [2.05, 4.69) is 39.8 Å². The van der Waals surface area contributed by atoms with Gasteiger partial charge in [0.25, 0.3) is 0 Å². The van der Waals surface area contributed by atoms with Crippen molar-refractivity contribution < 1.29 is 9.05 Å². The summed E-state index contributed by atoms with van der Waals surface area (Å²) in [5, 5.41) is 0. The van der Waals surface area contributed by atoms with Gasteiger partial charge in [-0.2, -0.15) is 0 Å². The van der Waals surface area contributed by atoms with Crippen molar-refractivity contribution in [2.24, 2.45) is 0 Å². The van der Waals surface area contributed by atoms with Crippen molar-refractivity contribution in [2.45, 2.75) is 39.5 Å². The minimum Gasteiger partial charge on any atom is -0.427 e. The first-order valence-corrected chi connectivity index (χ1v) is 9.55. The van der Waals surface area contributed by atoms with E-state index >= 15 is 0 Å². The van der Waals surface area contributed by atoms with Gasteiger partial charge in [-0.15, -0.1) is 0 Å². The average molecular weight is 337 g/mol. The quantitative estimate of drug-likeness (QED) is 0.536. The smallest absolute Gasteiger partial charge is 0.401 e. The van der Waals surface area contributed by atoms with E-state index in [-0.39, 0.29) is 0 Å². The second kappa shape index (κ2) is 7.85. The second-order valence-electron chi connectivity index (χ2n) is 5.85. The second-order valence-corrected chi connectivity index (χ2v) is 7.47. The van der Waals surface area contributed by atoms with Crippen LogP contribution in [0.1, 0.15) is 50.7 Å². The Hall–Kier alpha value is -1.24. The lowest BCUT2D eigenvalue weighted by Crippen LogP contribution is -1.94. The van der Waals surface area contributed by atoms with E-state index in [0.717, 1.165) is 11.5 Å². The molecule has 2 aromatic rings. The number of benzene rings is 2. The SMILES string of the molecule is CC(C)c1cccc(OP(Cl)Oc2cccc(C(C)C)c2)c1. The molecule has 118 valence electrons. The Balaban J connectivity index is 2.02. The van der Waals surface area contributed by atoms with Gasteiger partial charge >= 0.3 is 7.73 Å². The largest absolute Gasteiger partial charge is 0.427 e. The molecule has 2 rings (SSSR count). The molecular weight excluding hydrogens is 315 g/mol. The third-order valence-corrected chi connectivity index (χ3v) is 4.53. The standard InChI is InChI=1S/C18H22ClO2P/c1-13(2)15-7-5-9-17(11-15)20-22(19)21-18-10-6-8-16(12-18)14(3)4/h5-14H,1-4H3. The van der Waals surface area contributed by atoms with E-state index < -0.39 is 7.73 Å². The molecule has 0 heterocycles. The topological polar surface area (TPSA) is 18.5 Å². The van der Waals surface area contributed by atoms with Crippen molar-refractivity contribution in [1.29, 1.82) is 0 Å². The van der Waals surface area contributed by atoms with Crippen molar-refractivity contribution in [1.82, 2.24) is 0 Å². The van der Waals surface area contributed by atoms with Crippen LogP contribution < -0.4 is 9.05 Å². The van der Waals surface area contributed by atoms with E-state index in [1.807, 2.05) is 36.4 Å². The summed E-state index contributed by atoms with van der Waals surface area (Å²) in [5.74, 6) is 2.39. The molecule has 0 saturated heterocycles. The lowest BCUT2D eigenvalue weighted by atomic mass is 10.0. The van der Waals surface area contributed by atoms with Gasteiger partial charge in [-0.3, -0.25) is 0 Å². The van der Waals surface area contributed by atoms with Crippen molar-refractivity contribution >= 4 is 19.0 Å². The minimum atomic E-state index is -1.52. The molecule has 2 nitrogen and oxygen atoms in total. The van der Waals surface area contributed by atoms with E-state index in [0.29, 0.717) is 11.8 Å². The minimum absolute atomic E-state index is 0.453. The van der Waals surface area contributed by atoms with E-state index in [9.17, 15) is 0 Å². The highest BCUT2D eigenvalue weighted by atomic mass is 35.7. The van der Waals surface area contributed by atoms with Gasteiger partial charge in [0.1, 0.15) is 11.5 Å². The average Bonchev–Trinajstić information content (AvgIpc) is 2.47. The van der Waals surface area contributed by atoms with Gasteiger partial charge in [0.15, 0.2) is 0 Å². The summed E-state index contributed by atoms with van der Waals surface area (Å²) in [4.78, 5) is 0. The molecular formula is C18H22ClO2P. The maximum absolute atomic E-state index is 6.23. The van der Waals surface area contributed by atoms with Gasteiger partial charge in [0.05, 0.1) is 0 Å². The van der Waals surface area contributed by atoms with Gasteiger partial charge in [-0.25, -0.2) is 0 Å². The number of rotatable bonds is 6. The predicted octanol–water partition coefficient (Wildman–Crippen LogP) is 6.86. The van der Waals surface area contributed by atoms with Crippen LogP contribution in [0.2, 0.25) is 0 Å². The summed E-state index contributed by atoms with van der Waals surface area (Å²) >= 11 is 6.23. The van der Waals surface area contributed by atoms with Crippen LogP contribution in [-0.4, -0.2) is 0 Å². The molecule has 22 heavy (non-hydrogen) atoms. The van der Waals surface area contributed by atoms with Gasteiger partial charge < -0.3 is 9.05 Å². The van der Waals surface area contributed by atoms with E-state index in [1.165, 1.54) is 11.1 Å². The molecule has 0 spiro atoms. The molecule has 0 radical (unpaired) electrons. The van der Waals surface area contributed by atoms with Crippen LogP contribution in [0.5, 0.6) is 11.5 Å². The zero-order chi connectivity index (χ0) is 16.1. The summed E-state index contributed by atoms with van der Waals surface area (Å²) in [6.07, 6.45) is 0. The van der Waals surface area contributed by atoms with Crippen molar-refractivity contribution in [3.8, 4) is 11.5 Å². The zero-order valence-corrected chi connectivity index (χ0v) is 15.1. The highest BCUT2D eigenvalue weighted by Crippen LogP contribution is 2.45. The Morgan fingerprint density at radius 1 is 0.773 bits per heavy atom. The van der Waals surface area contributed by atoms with Gasteiger partial charge in [0, 0.05) is 0 Å². The van der Waals surface area contributed by atoms with Crippen LogP contribution in [0.4, 0.5) is 0 Å². The Kier molecular flexibility index (Phi) is 6.11. The zero-order valence-electron chi connectivity index (χ0n) is 13.4. The Morgan fingerprint density at radius 3 is 1.55 bits per heavy atom. The molecule has 0 amide bonds. The fourth-order valence-electron chi connectivity index (χ4n) is 2.05. The maximum Gasteiger partial charge on any atom is 0.401 e. The molecule has 0 fully saturated rings. The first-order chi connectivity index (χ1) is 10.5.